The highest BCUT2D eigenvalue weighted by molar-refractivity contribution is 5.32. The minimum atomic E-state index is -1.73. The van der Waals surface area contributed by atoms with Crippen molar-refractivity contribution >= 4 is 0 Å². The smallest absolute Gasteiger partial charge is 0.187 e. The van der Waals surface area contributed by atoms with Crippen molar-refractivity contribution in [2.45, 2.75) is 222 Å². The Kier molecular flexibility index (Phi) is 14.1. The Hall–Kier alpha value is -0.760. The van der Waals surface area contributed by atoms with E-state index in [9.17, 15) is 66.4 Å². The lowest BCUT2D eigenvalue weighted by Gasteiger charge is -2.64. The molecule has 8 aliphatic rings. The van der Waals surface area contributed by atoms with Gasteiger partial charge in [-0.3, -0.25) is 0 Å². The monoisotopic (exact) mass is 949 g/mol. The van der Waals surface area contributed by atoms with Crippen LogP contribution in [-0.4, -0.2) is 202 Å². The third-order valence-corrected chi connectivity index (χ3v) is 19.5. The van der Waals surface area contributed by atoms with Crippen molar-refractivity contribution in [2.75, 3.05) is 19.8 Å². The zero-order valence-electron chi connectivity index (χ0n) is 39.5. The normalized spacial score (nSPS) is 54.4. The van der Waals surface area contributed by atoms with Crippen LogP contribution in [0.3, 0.4) is 0 Å². The number of aliphatic hydroxyl groups is 13. The van der Waals surface area contributed by atoms with E-state index in [1.54, 1.807) is 13.8 Å². The van der Waals surface area contributed by atoms with Gasteiger partial charge in [-0.15, -0.1) is 0 Å². The average Bonchev–Trinajstić information content (AvgIpc) is 3.85. The molecular weight excluding hydrogens is 868 g/mol. The predicted molar refractivity (Wildman–Crippen MR) is 228 cm³/mol. The number of ether oxygens (including phenoxy) is 6. The summed E-state index contributed by atoms with van der Waals surface area (Å²) in [5.41, 5.74) is -2.80. The Morgan fingerprint density at radius 1 is 0.636 bits per heavy atom. The van der Waals surface area contributed by atoms with Gasteiger partial charge in [-0.2, -0.15) is 0 Å². The van der Waals surface area contributed by atoms with Gasteiger partial charge in [-0.25, -0.2) is 0 Å². The molecule has 0 radical (unpaired) electrons. The van der Waals surface area contributed by atoms with Crippen LogP contribution in [-0.2, 0) is 28.4 Å². The minimum absolute atomic E-state index is 0.0392. The summed E-state index contributed by atoms with van der Waals surface area (Å²) in [6.45, 7) is 12.7. The molecule has 19 nitrogen and oxygen atoms in total. The molecule has 2 spiro atoms. The van der Waals surface area contributed by atoms with Gasteiger partial charge in [0.1, 0.15) is 67.1 Å². The number of hydrogen-bond donors (Lipinski definition) is 13. The van der Waals surface area contributed by atoms with Crippen molar-refractivity contribution in [3.8, 4) is 0 Å². The van der Waals surface area contributed by atoms with Crippen LogP contribution in [0.4, 0.5) is 0 Å². The molecular formula is C47H80O19. The van der Waals surface area contributed by atoms with Crippen LogP contribution < -0.4 is 0 Å². The van der Waals surface area contributed by atoms with Crippen LogP contribution in [0.15, 0.2) is 0 Å². The summed E-state index contributed by atoms with van der Waals surface area (Å²) in [5.74, 6) is -0.270. The van der Waals surface area contributed by atoms with Gasteiger partial charge in [0.2, 0.25) is 0 Å². The molecule has 382 valence electrons. The van der Waals surface area contributed by atoms with Gasteiger partial charge in [0.05, 0.1) is 49.8 Å². The highest BCUT2D eigenvalue weighted by Crippen LogP contribution is 2.89. The van der Waals surface area contributed by atoms with Gasteiger partial charge < -0.3 is 94.8 Å². The molecule has 8 rings (SSSR count). The molecule has 3 saturated heterocycles. The maximum atomic E-state index is 12.4. The molecule has 0 aromatic rings. The fourth-order valence-electron chi connectivity index (χ4n) is 15.9. The van der Waals surface area contributed by atoms with Crippen LogP contribution in [0.2, 0.25) is 0 Å². The van der Waals surface area contributed by atoms with Crippen molar-refractivity contribution in [2.24, 2.45) is 50.7 Å². The van der Waals surface area contributed by atoms with Gasteiger partial charge in [-0.1, -0.05) is 34.6 Å². The van der Waals surface area contributed by atoms with E-state index in [4.69, 9.17) is 28.4 Å². The van der Waals surface area contributed by atoms with E-state index in [1.165, 1.54) is 0 Å². The third-order valence-electron chi connectivity index (χ3n) is 19.5. The SMILES string of the molecule is CC(CCC(OC1OC(CO)C(O)C(O)C1O)C(C)(C)OC1OC(CO)C(O)C(O)C1O)C1C(O)CC2(C)C3CC(O)C4C(C)(C)C(OC5OCC(O)C(O)C5O)CCC45CC35CCC12C. The minimum Gasteiger partial charge on any atom is -0.394 e. The van der Waals surface area contributed by atoms with Gasteiger partial charge in [0.25, 0.3) is 0 Å². The van der Waals surface area contributed by atoms with Gasteiger partial charge in [-0.05, 0) is 122 Å². The van der Waals surface area contributed by atoms with Crippen LogP contribution in [0, 0.1) is 50.7 Å². The molecule has 5 aliphatic carbocycles. The Bertz CT molecular complexity index is 1700. The van der Waals surface area contributed by atoms with Crippen LogP contribution in [0.25, 0.3) is 0 Å². The fourth-order valence-corrected chi connectivity index (χ4v) is 15.9. The molecule has 3 aliphatic heterocycles. The first-order chi connectivity index (χ1) is 30.8. The zero-order chi connectivity index (χ0) is 48.4. The summed E-state index contributed by atoms with van der Waals surface area (Å²) in [6.07, 6.45) is -17.5. The average molecular weight is 949 g/mol. The highest BCUT2D eigenvalue weighted by Gasteiger charge is 2.84. The summed E-state index contributed by atoms with van der Waals surface area (Å²) in [4.78, 5) is 0. The second-order valence-electron chi connectivity index (χ2n) is 23.5. The quantitative estimate of drug-likeness (QED) is 0.0924. The van der Waals surface area contributed by atoms with Crippen molar-refractivity contribution in [1.29, 1.82) is 0 Å². The molecule has 0 aromatic carbocycles. The van der Waals surface area contributed by atoms with E-state index < -0.39 is 129 Å². The van der Waals surface area contributed by atoms with E-state index in [0.29, 0.717) is 25.7 Å². The molecule has 26 atom stereocenters. The number of fused-ring (bicyclic) bond motifs is 2. The molecule has 0 aromatic heterocycles. The Morgan fingerprint density at radius 3 is 1.85 bits per heavy atom. The standard InChI is InChI=1S/C47H80O19/c1-20(8-9-28(65-40-36(59)33(56)31(54)24(16-48)62-40)43(4,5)66-41-37(60)34(57)32(55)25(17-49)63-41)29-22(51)15-45(7)26-14-21(50)38-42(2,3)27(64-39-35(58)30(53)23(52)18-61-39)10-11-47(38)19-46(26,47)13-12-44(29,45)6/h20-41,48-60H,8-19H2,1-7H3. The highest BCUT2D eigenvalue weighted by atomic mass is 16.7. The summed E-state index contributed by atoms with van der Waals surface area (Å²) in [5, 5.41) is 140. The second-order valence-corrected chi connectivity index (χ2v) is 23.5. The maximum absolute atomic E-state index is 12.4. The number of rotatable bonds is 13. The third kappa shape index (κ3) is 7.89. The first kappa shape index (κ1) is 51.6. The summed E-state index contributed by atoms with van der Waals surface area (Å²) in [6, 6.07) is 0. The predicted octanol–water partition coefficient (Wildman–Crippen LogP) is -1.61. The topological polar surface area (TPSA) is 318 Å². The van der Waals surface area contributed by atoms with E-state index in [2.05, 4.69) is 34.6 Å². The molecule has 0 bridgehead atoms. The van der Waals surface area contributed by atoms with E-state index >= 15 is 0 Å². The molecule has 13 N–H and O–H groups in total. The number of aliphatic hydroxyl groups excluding tert-OH is 13. The Morgan fingerprint density at radius 2 is 1.23 bits per heavy atom. The second kappa shape index (κ2) is 18.1. The molecule has 0 amide bonds. The fraction of sp³-hybridized carbons (Fsp3) is 1.00. The van der Waals surface area contributed by atoms with Crippen molar-refractivity contribution < 1.29 is 94.8 Å². The van der Waals surface area contributed by atoms with Gasteiger partial charge >= 0.3 is 0 Å². The van der Waals surface area contributed by atoms with Crippen molar-refractivity contribution in [1.82, 2.24) is 0 Å². The number of hydrogen-bond acceptors (Lipinski definition) is 19. The molecule has 26 unspecified atom stereocenters. The van der Waals surface area contributed by atoms with Crippen LogP contribution in [0.5, 0.6) is 0 Å². The van der Waals surface area contributed by atoms with E-state index in [-0.39, 0.29) is 64.5 Å². The maximum Gasteiger partial charge on any atom is 0.187 e. The van der Waals surface area contributed by atoms with Crippen molar-refractivity contribution in [3.05, 3.63) is 0 Å². The molecule has 66 heavy (non-hydrogen) atoms. The molecule has 3 heterocycles. The first-order valence-corrected chi connectivity index (χ1v) is 24.4. The van der Waals surface area contributed by atoms with Crippen LogP contribution >= 0.6 is 0 Å². The lowest BCUT2D eigenvalue weighted by Crippen LogP contribution is -2.63. The van der Waals surface area contributed by atoms with E-state index in [0.717, 1.165) is 25.7 Å². The first-order valence-electron chi connectivity index (χ1n) is 24.4. The zero-order valence-corrected chi connectivity index (χ0v) is 39.5. The van der Waals surface area contributed by atoms with Gasteiger partial charge in [0.15, 0.2) is 18.9 Å². The molecule has 5 saturated carbocycles. The van der Waals surface area contributed by atoms with Gasteiger partial charge in [0, 0.05) is 0 Å². The summed E-state index contributed by atoms with van der Waals surface area (Å²) < 4.78 is 36.2. The van der Waals surface area contributed by atoms with E-state index in [1.807, 2.05) is 0 Å². The largest absolute Gasteiger partial charge is 0.394 e. The Labute approximate surface area is 386 Å². The lowest BCUT2D eigenvalue weighted by molar-refractivity contribution is -0.355. The lowest BCUT2D eigenvalue weighted by atomic mass is 9.41. The molecule has 8 fully saturated rings. The van der Waals surface area contributed by atoms with Crippen LogP contribution in [0.1, 0.15) is 106 Å². The summed E-state index contributed by atoms with van der Waals surface area (Å²) >= 11 is 0. The molecule has 19 heteroatoms. The Balaban J connectivity index is 1.00. The van der Waals surface area contributed by atoms with Crippen molar-refractivity contribution in [3.63, 3.8) is 0 Å². The summed E-state index contributed by atoms with van der Waals surface area (Å²) in [7, 11) is 0.